The molecular formula is C15H16BrNO4. The molecule has 1 atom stereocenters. The lowest BCUT2D eigenvalue weighted by atomic mass is 9.87. The van der Waals surface area contributed by atoms with E-state index in [1.165, 1.54) is 12.1 Å². The van der Waals surface area contributed by atoms with Gasteiger partial charge in [-0.25, -0.2) is 4.79 Å². The Bertz CT molecular complexity index is 595. The number of likely N-dealkylation sites (tertiary alicyclic amines) is 1. The maximum atomic E-state index is 12.6. The van der Waals surface area contributed by atoms with E-state index >= 15 is 0 Å². The van der Waals surface area contributed by atoms with Crippen LogP contribution in [0.25, 0.3) is 0 Å². The van der Waals surface area contributed by atoms with E-state index < -0.39 is 5.97 Å². The third kappa shape index (κ3) is 2.82. The molecule has 0 saturated carbocycles. The van der Waals surface area contributed by atoms with Gasteiger partial charge in [-0.2, -0.15) is 0 Å². The van der Waals surface area contributed by atoms with Crippen LogP contribution in [0, 0.1) is 5.41 Å². The topological polar surface area (TPSA) is 66.8 Å². The third-order valence-corrected chi connectivity index (χ3v) is 4.76. The van der Waals surface area contributed by atoms with Crippen molar-refractivity contribution in [3.8, 4) is 0 Å². The van der Waals surface area contributed by atoms with Gasteiger partial charge in [0.15, 0.2) is 0 Å². The zero-order valence-corrected chi connectivity index (χ0v) is 13.1. The van der Waals surface area contributed by atoms with Gasteiger partial charge in [0, 0.05) is 35.1 Å². The first-order valence-corrected chi connectivity index (χ1v) is 7.69. The van der Waals surface area contributed by atoms with E-state index in [2.05, 4.69) is 15.9 Å². The molecule has 0 aromatic heterocycles. The van der Waals surface area contributed by atoms with Gasteiger partial charge < -0.3 is 14.7 Å². The molecule has 0 radical (unpaired) electrons. The van der Waals surface area contributed by atoms with E-state index in [0.717, 1.165) is 26.1 Å². The highest BCUT2D eigenvalue weighted by molar-refractivity contribution is 9.10. The molecule has 2 saturated heterocycles. The number of rotatable bonds is 2. The number of amides is 1. The Morgan fingerprint density at radius 1 is 1.24 bits per heavy atom. The number of carbonyl (C=O) groups is 2. The summed E-state index contributed by atoms with van der Waals surface area (Å²) >= 11 is 3.26. The van der Waals surface area contributed by atoms with Crippen LogP contribution in [0.4, 0.5) is 0 Å². The molecule has 1 spiro atoms. The van der Waals surface area contributed by atoms with Gasteiger partial charge in [0.25, 0.3) is 5.91 Å². The fraction of sp³-hybridized carbons (Fsp3) is 0.467. The maximum Gasteiger partial charge on any atom is 0.335 e. The smallest absolute Gasteiger partial charge is 0.335 e. The third-order valence-electron chi connectivity index (χ3n) is 4.30. The largest absolute Gasteiger partial charge is 0.478 e. The van der Waals surface area contributed by atoms with Crippen molar-refractivity contribution in [1.82, 2.24) is 4.90 Å². The van der Waals surface area contributed by atoms with Crippen LogP contribution in [0.15, 0.2) is 22.7 Å². The second kappa shape index (κ2) is 5.42. The highest BCUT2D eigenvalue weighted by Gasteiger charge is 2.42. The summed E-state index contributed by atoms with van der Waals surface area (Å²) in [6.07, 6.45) is 1.95. The first-order chi connectivity index (χ1) is 9.99. The maximum absolute atomic E-state index is 12.6. The lowest BCUT2D eigenvalue weighted by molar-refractivity contribution is 0.0697. The zero-order valence-electron chi connectivity index (χ0n) is 11.5. The number of hydrogen-bond donors (Lipinski definition) is 1. The van der Waals surface area contributed by atoms with E-state index in [9.17, 15) is 9.59 Å². The molecule has 1 aromatic carbocycles. The van der Waals surface area contributed by atoms with Crippen molar-refractivity contribution in [1.29, 1.82) is 0 Å². The Kier molecular flexibility index (Phi) is 3.75. The lowest BCUT2D eigenvalue weighted by Crippen LogP contribution is -2.32. The van der Waals surface area contributed by atoms with Crippen LogP contribution in [-0.2, 0) is 4.74 Å². The SMILES string of the molecule is O=C(O)c1cc(Br)cc(C(=O)N2CCC3(CCOC3)C2)c1. The molecule has 2 heterocycles. The molecule has 2 aliphatic heterocycles. The first-order valence-electron chi connectivity index (χ1n) is 6.90. The summed E-state index contributed by atoms with van der Waals surface area (Å²) in [6, 6.07) is 4.60. The minimum atomic E-state index is -1.03. The number of hydrogen-bond acceptors (Lipinski definition) is 3. The second-order valence-corrected chi connectivity index (χ2v) is 6.73. The number of aromatic carboxylic acids is 1. The van der Waals surface area contributed by atoms with Crippen molar-refractivity contribution in [3.63, 3.8) is 0 Å². The second-order valence-electron chi connectivity index (χ2n) is 5.81. The first kappa shape index (κ1) is 14.5. The molecule has 2 aliphatic rings. The van der Waals surface area contributed by atoms with Gasteiger partial charge in [0.2, 0.25) is 0 Å². The molecule has 3 rings (SSSR count). The van der Waals surface area contributed by atoms with Crippen LogP contribution >= 0.6 is 15.9 Å². The van der Waals surface area contributed by atoms with Gasteiger partial charge in [-0.15, -0.1) is 0 Å². The van der Waals surface area contributed by atoms with Crippen molar-refractivity contribution in [3.05, 3.63) is 33.8 Å². The highest BCUT2D eigenvalue weighted by Crippen LogP contribution is 2.38. The molecule has 0 bridgehead atoms. The van der Waals surface area contributed by atoms with Crippen LogP contribution in [0.3, 0.4) is 0 Å². The molecule has 21 heavy (non-hydrogen) atoms. The van der Waals surface area contributed by atoms with Gasteiger partial charge in [-0.3, -0.25) is 4.79 Å². The summed E-state index contributed by atoms with van der Waals surface area (Å²) in [7, 11) is 0. The molecule has 2 fully saturated rings. The number of carboxylic acid groups (broad SMARTS) is 1. The van der Waals surface area contributed by atoms with Gasteiger partial charge in [-0.1, -0.05) is 15.9 Å². The minimum Gasteiger partial charge on any atom is -0.478 e. The number of ether oxygens (including phenoxy) is 1. The summed E-state index contributed by atoms with van der Waals surface area (Å²) in [5.41, 5.74) is 0.640. The lowest BCUT2D eigenvalue weighted by Gasteiger charge is -2.22. The van der Waals surface area contributed by atoms with Crippen molar-refractivity contribution in [2.24, 2.45) is 5.41 Å². The molecule has 1 amide bonds. The molecule has 6 heteroatoms. The van der Waals surface area contributed by atoms with Crippen LogP contribution in [0.1, 0.15) is 33.6 Å². The zero-order chi connectivity index (χ0) is 15.0. The highest BCUT2D eigenvalue weighted by atomic mass is 79.9. The fourth-order valence-corrected chi connectivity index (χ4v) is 3.59. The molecule has 1 N–H and O–H groups in total. The Morgan fingerprint density at radius 2 is 2.00 bits per heavy atom. The van der Waals surface area contributed by atoms with Crippen LogP contribution < -0.4 is 0 Å². The Morgan fingerprint density at radius 3 is 2.67 bits per heavy atom. The molecule has 1 aromatic rings. The minimum absolute atomic E-state index is 0.108. The monoisotopic (exact) mass is 353 g/mol. The fourth-order valence-electron chi connectivity index (χ4n) is 3.10. The molecule has 1 unspecified atom stereocenters. The van der Waals surface area contributed by atoms with Crippen molar-refractivity contribution in [2.75, 3.05) is 26.3 Å². The summed E-state index contributed by atoms with van der Waals surface area (Å²) in [6.45, 7) is 2.88. The van der Waals surface area contributed by atoms with Crippen molar-refractivity contribution >= 4 is 27.8 Å². The summed E-state index contributed by atoms with van der Waals surface area (Å²) in [4.78, 5) is 25.5. The van der Waals surface area contributed by atoms with E-state index in [1.807, 2.05) is 4.90 Å². The standard InChI is InChI=1S/C15H16BrNO4/c16-12-6-10(5-11(7-12)14(19)20)13(18)17-3-1-15(8-17)2-4-21-9-15/h5-7H,1-4,8-9H2,(H,19,20). The number of carboxylic acids is 1. The molecule has 112 valence electrons. The Balaban J connectivity index is 1.81. The average Bonchev–Trinajstić information content (AvgIpc) is 3.08. The van der Waals surface area contributed by atoms with Crippen molar-refractivity contribution in [2.45, 2.75) is 12.8 Å². The molecule has 5 nitrogen and oxygen atoms in total. The molecular weight excluding hydrogens is 338 g/mol. The van der Waals surface area contributed by atoms with Gasteiger partial charge in [0.1, 0.15) is 0 Å². The van der Waals surface area contributed by atoms with Crippen LogP contribution in [-0.4, -0.2) is 48.2 Å². The van der Waals surface area contributed by atoms with Gasteiger partial charge >= 0.3 is 5.97 Å². The van der Waals surface area contributed by atoms with E-state index in [-0.39, 0.29) is 16.9 Å². The predicted octanol–water partition coefficient (Wildman–Crippen LogP) is 2.40. The van der Waals surface area contributed by atoms with Crippen LogP contribution in [0.5, 0.6) is 0 Å². The predicted molar refractivity (Wildman–Crippen MR) is 79.5 cm³/mol. The summed E-state index contributed by atoms with van der Waals surface area (Å²) in [5.74, 6) is -1.14. The van der Waals surface area contributed by atoms with Gasteiger partial charge in [0.05, 0.1) is 12.2 Å². The van der Waals surface area contributed by atoms with E-state index in [4.69, 9.17) is 9.84 Å². The number of halogens is 1. The van der Waals surface area contributed by atoms with E-state index in [0.29, 0.717) is 23.1 Å². The van der Waals surface area contributed by atoms with Crippen LogP contribution in [0.2, 0.25) is 0 Å². The molecule has 0 aliphatic carbocycles. The average molecular weight is 354 g/mol. The number of benzene rings is 1. The Hall–Kier alpha value is -1.40. The van der Waals surface area contributed by atoms with E-state index in [1.54, 1.807) is 6.07 Å². The Labute approximate surface area is 131 Å². The number of carbonyl (C=O) groups excluding carboxylic acids is 1. The quantitative estimate of drug-likeness (QED) is 0.886. The summed E-state index contributed by atoms with van der Waals surface area (Å²) in [5, 5.41) is 9.09. The number of nitrogens with zero attached hydrogens (tertiary/aromatic N) is 1. The normalized spacial score (nSPS) is 24.7. The summed E-state index contributed by atoms with van der Waals surface area (Å²) < 4.78 is 6.06. The van der Waals surface area contributed by atoms with Gasteiger partial charge in [-0.05, 0) is 31.0 Å². The van der Waals surface area contributed by atoms with Crippen molar-refractivity contribution < 1.29 is 19.4 Å².